The first kappa shape index (κ1) is 18.4. The molecular weight excluding hydrogens is 352 g/mol. The Morgan fingerprint density at radius 3 is 2.43 bits per heavy atom. The maximum atomic E-state index is 12.8. The molecule has 6 nitrogen and oxygen atoms in total. The van der Waals surface area contributed by atoms with Crippen LogP contribution >= 0.6 is 0 Å². The lowest BCUT2D eigenvalue weighted by Gasteiger charge is -2.35. The van der Waals surface area contributed by atoms with Gasteiger partial charge in [0.15, 0.2) is 6.10 Å². The van der Waals surface area contributed by atoms with Crippen molar-refractivity contribution in [3.05, 3.63) is 66.4 Å². The molecule has 1 aliphatic heterocycles. The minimum Gasteiger partial charge on any atom is -0.463 e. The molecule has 1 atom stereocenters. The average Bonchev–Trinajstić information content (AvgIpc) is 2.74. The fourth-order valence-electron chi connectivity index (χ4n) is 3.45. The van der Waals surface area contributed by atoms with Crippen LogP contribution in [0.25, 0.3) is 11.0 Å². The SMILES string of the molecule is C[C@@H](Oc1cnc2ccccc2n1)C(=O)N1CCN(Cc2ccccc2)CC1. The van der Waals surface area contributed by atoms with E-state index in [0.717, 1.165) is 30.7 Å². The largest absolute Gasteiger partial charge is 0.463 e. The maximum Gasteiger partial charge on any atom is 0.263 e. The number of hydrogen-bond donors (Lipinski definition) is 0. The van der Waals surface area contributed by atoms with E-state index in [2.05, 4.69) is 39.1 Å². The zero-order chi connectivity index (χ0) is 19.3. The van der Waals surface area contributed by atoms with E-state index in [1.165, 1.54) is 5.56 Å². The van der Waals surface area contributed by atoms with Crippen LogP contribution in [0.4, 0.5) is 0 Å². The number of carbonyl (C=O) groups excluding carboxylic acids is 1. The molecular formula is C22H24N4O2. The van der Waals surface area contributed by atoms with Gasteiger partial charge in [-0.2, -0.15) is 0 Å². The molecule has 0 unspecified atom stereocenters. The number of para-hydroxylation sites is 2. The molecule has 1 aliphatic rings. The molecule has 4 rings (SSSR count). The zero-order valence-corrected chi connectivity index (χ0v) is 16.0. The molecule has 6 heteroatoms. The summed E-state index contributed by atoms with van der Waals surface area (Å²) in [6.07, 6.45) is 0.986. The summed E-state index contributed by atoms with van der Waals surface area (Å²) in [5.74, 6) is 0.372. The number of aromatic nitrogens is 2. The van der Waals surface area contributed by atoms with Gasteiger partial charge in [-0.15, -0.1) is 0 Å². The number of ether oxygens (including phenoxy) is 1. The van der Waals surface area contributed by atoms with Gasteiger partial charge < -0.3 is 9.64 Å². The van der Waals surface area contributed by atoms with Gasteiger partial charge in [0.25, 0.3) is 5.91 Å². The van der Waals surface area contributed by atoms with Gasteiger partial charge in [-0.1, -0.05) is 42.5 Å². The van der Waals surface area contributed by atoms with Crippen molar-refractivity contribution in [2.45, 2.75) is 19.6 Å². The van der Waals surface area contributed by atoms with Crippen LogP contribution in [-0.4, -0.2) is 58.0 Å². The summed E-state index contributed by atoms with van der Waals surface area (Å²) in [6, 6.07) is 18.0. The van der Waals surface area contributed by atoms with Crippen molar-refractivity contribution >= 4 is 16.9 Å². The van der Waals surface area contributed by atoms with Gasteiger partial charge in [0, 0.05) is 32.7 Å². The molecule has 0 aliphatic carbocycles. The predicted molar refractivity (Wildman–Crippen MR) is 108 cm³/mol. The lowest BCUT2D eigenvalue weighted by molar-refractivity contribution is -0.139. The molecule has 144 valence electrons. The summed E-state index contributed by atoms with van der Waals surface area (Å²) in [7, 11) is 0. The van der Waals surface area contributed by atoms with Crippen LogP contribution in [0.3, 0.4) is 0 Å². The van der Waals surface area contributed by atoms with E-state index in [1.54, 1.807) is 13.1 Å². The van der Waals surface area contributed by atoms with Crippen LogP contribution in [0, 0.1) is 0 Å². The van der Waals surface area contributed by atoms with Crippen LogP contribution in [0.1, 0.15) is 12.5 Å². The first-order chi connectivity index (χ1) is 13.7. The first-order valence-electron chi connectivity index (χ1n) is 9.62. The third-order valence-electron chi connectivity index (χ3n) is 5.00. The van der Waals surface area contributed by atoms with Crippen molar-refractivity contribution in [3.8, 4) is 5.88 Å². The van der Waals surface area contributed by atoms with Crippen molar-refractivity contribution in [1.82, 2.24) is 19.8 Å². The van der Waals surface area contributed by atoms with Crippen molar-refractivity contribution in [1.29, 1.82) is 0 Å². The van der Waals surface area contributed by atoms with E-state index in [0.29, 0.717) is 19.0 Å². The van der Waals surface area contributed by atoms with Crippen LogP contribution in [0.15, 0.2) is 60.8 Å². The molecule has 0 radical (unpaired) electrons. The smallest absolute Gasteiger partial charge is 0.263 e. The average molecular weight is 376 g/mol. The van der Waals surface area contributed by atoms with Crippen molar-refractivity contribution < 1.29 is 9.53 Å². The molecule has 28 heavy (non-hydrogen) atoms. The van der Waals surface area contributed by atoms with Gasteiger partial charge in [0.1, 0.15) is 0 Å². The number of fused-ring (bicyclic) bond motifs is 1. The van der Waals surface area contributed by atoms with E-state index in [9.17, 15) is 4.79 Å². The molecule has 1 amide bonds. The Morgan fingerprint density at radius 1 is 1.00 bits per heavy atom. The maximum absolute atomic E-state index is 12.8. The fraction of sp³-hybridized carbons (Fsp3) is 0.318. The Hall–Kier alpha value is -2.99. The van der Waals surface area contributed by atoms with Gasteiger partial charge in [-0.05, 0) is 24.6 Å². The quantitative estimate of drug-likeness (QED) is 0.685. The number of nitrogens with zero attached hydrogens (tertiary/aromatic N) is 4. The Labute approximate surface area is 164 Å². The van der Waals surface area contributed by atoms with E-state index in [1.807, 2.05) is 35.2 Å². The highest BCUT2D eigenvalue weighted by atomic mass is 16.5. The number of piperazine rings is 1. The number of carbonyl (C=O) groups is 1. The summed E-state index contributed by atoms with van der Waals surface area (Å²) in [5.41, 5.74) is 2.87. The van der Waals surface area contributed by atoms with Gasteiger partial charge in [0.2, 0.25) is 5.88 Å². The van der Waals surface area contributed by atoms with E-state index in [-0.39, 0.29) is 5.91 Å². The monoisotopic (exact) mass is 376 g/mol. The van der Waals surface area contributed by atoms with Crippen LogP contribution in [-0.2, 0) is 11.3 Å². The molecule has 0 bridgehead atoms. The second-order valence-corrected chi connectivity index (χ2v) is 7.04. The number of amides is 1. The lowest BCUT2D eigenvalue weighted by atomic mass is 10.2. The van der Waals surface area contributed by atoms with E-state index < -0.39 is 6.10 Å². The van der Waals surface area contributed by atoms with Crippen molar-refractivity contribution in [2.75, 3.05) is 26.2 Å². The molecule has 1 aromatic heterocycles. The van der Waals surface area contributed by atoms with Crippen LogP contribution < -0.4 is 4.74 Å². The zero-order valence-electron chi connectivity index (χ0n) is 16.0. The van der Waals surface area contributed by atoms with Gasteiger partial charge in [-0.25, -0.2) is 9.97 Å². The molecule has 1 saturated heterocycles. The van der Waals surface area contributed by atoms with Crippen molar-refractivity contribution in [2.24, 2.45) is 0 Å². The normalized spacial score (nSPS) is 16.1. The minimum atomic E-state index is -0.587. The predicted octanol–water partition coefficient (Wildman–Crippen LogP) is 2.74. The standard InChI is InChI=1S/C22H24N4O2/c1-17(28-21-15-23-19-9-5-6-10-20(19)24-21)22(27)26-13-11-25(12-14-26)16-18-7-3-2-4-8-18/h2-10,15,17H,11-14,16H2,1H3/t17-/m1/s1. The highest BCUT2D eigenvalue weighted by molar-refractivity contribution is 5.81. The minimum absolute atomic E-state index is 0.00526. The molecule has 3 aromatic rings. The number of rotatable bonds is 5. The lowest BCUT2D eigenvalue weighted by Crippen LogP contribution is -2.51. The highest BCUT2D eigenvalue weighted by Crippen LogP contribution is 2.16. The summed E-state index contributed by atoms with van der Waals surface area (Å²) >= 11 is 0. The fourth-order valence-corrected chi connectivity index (χ4v) is 3.45. The summed E-state index contributed by atoms with van der Waals surface area (Å²) < 4.78 is 5.78. The number of benzene rings is 2. The highest BCUT2D eigenvalue weighted by Gasteiger charge is 2.26. The second-order valence-electron chi connectivity index (χ2n) is 7.04. The summed E-state index contributed by atoms with van der Waals surface area (Å²) in [5, 5.41) is 0. The van der Waals surface area contributed by atoms with Gasteiger partial charge >= 0.3 is 0 Å². The third-order valence-corrected chi connectivity index (χ3v) is 5.00. The van der Waals surface area contributed by atoms with E-state index in [4.69, 9.17) is 4.74 Å². The van der Waals surface area contributed by atoms with Crippen LogP contribution in [0.2, 0.25) is 0 Å². The third kappa shape index (κ3) is 4.28. The molecule has 0 spiro atoms. The molecule has 1 fully saturated rings. The molecule has 2 aromatic carbocycles. The number of hydrogen-bond acceptors (Lipinski definition) is 5. The second kappa shape index (κ2) is 8.35. The molecule has 0 N–H and O–H groups in total. The molecule has 2 heterocycles. The Morgan fingerprint density at radius 2 is 1.68 bits per heavy atom. The van der Waals surface area contributed by atoms with Gasteiger partial charge in [0.05, 0.1) is 17.2 Å². The Bertz CT molecular complexity index is 939. The Kier molecular flexibility index (Phi) is 5.48. The Balaban J connectivity index is 1.31. The van der Waals surface area contributed by atoms with E-state index >= 15 is 0 Å². The van der Waals surface area contributed by atoms with Crippen molar-refractivity contribution in [3.63, 3.8) is 0 Å². The summed E-state index contributed by atoms with van der Waals surface area (Å²) in [6.45, 7) is 5.84. The van der Waals surface area contributed by atoms with Gasteiger partial charge in [-0.3, -0.25) is 9.69 Å². The topological polar surface area (TPSA) is 58.6 Å². The molecule has 0 saturated carbocycles. The van der Waals surface area contributed by atoms with Crippen LogP contribution in [0.5, 0.6) is 5.88 Å². The first-order valence-corrected chi connectivity index (χ1v) is 9.62. The summed E-state index contributed by atoms with van der Waals surface area (Å²) in [4.78, 5) is 25.8.